The third kappa shape index (κ3) is 4.36. The highest BCUT2D eigenvalue weighted by molar-refractivity contribution is 5.90. The van der Waals surface area contributed by atoms with Gasteiger partial charge in [0, 0.05) is 12.0 Å². The van der Waals surface area contributed by atoms with Gasteiger partial charge in [-0.25, -0.2) is 35.5 Å². The summed E-state index contributed by atoms with van der Waals surface area (Å²) in [6, 6.07) is 0. The summed E-state index contributed by atoms with van der Waals surface area (Å²) in [5.41, 5.74) is 5.30. The minimum absolute atomic E-state index is 0.117. The van der Waals surface area contributed by atoms with Crippen molar-refractivity contribution in [3.8, 4) is 0 Å². The molecule has 0 spiro atoms. The number of esters is 1. The molecule has 2 aromatic rings. The lowest BCUT2D eigenvalue weighted by molar-refractivity contribution is -0.00324. The summed E-state index contributed by atoms with van der Waals surface area (Å²) in [6.07, 6.45) is -1.14. The SMILES string of the molecule is C=C(OC1CCCC(OC(=O)c2c(F)c(F)c(N)c(F)c2F)C1)c1c(F)c(C)c(N)c(F)c1F. The third-order valence-corrected chi connectivity index (χ3v) is 5.54. The Kier molecular flexibility index (Phi) is 6.99. The van der Waals surface area contributed by atoms with Crippen molar-refractivity contribution in [2.75, 3.05) is 11.5 Å². The first kappa shape index (κ1) is 25.2. The van der Waals surface area contributed by atoms with Crippen molar-refractivity contribution in [2.24, 2.45) is 0 Å². The molecule has 0 heterocycles. The minimum atomic E-state index is -2.01. The van der Waals surface area contributed by atoms with Crippen molar-refractivity contribution in [3.05, 3.63) is 64.0 Å². The number of rotatable bonds is 5. The van der Waals surface area contributed by atoms with Crippen LogP contribution in [0.4, 0.5) is 42.1 Å². The molecule has 2 unspecified atom stereocenters. The molecule has 1 saturated carbocycles. The van der Waals surface area contributed by atoms with Gasteiger partial charge in [0.25, 0.3) is 0 Å². The van der Waals surface area contributed by atoms with Gasteiger partial charge in [-0.05, 0) is 26.2 Å². The van der Waals surface area contributed by atoms with E-state index < -0.39 is 87.2 Å². The number of benzene rings is 2. The predicted molar refractivity (Wildman–Crippen MR) is 108 cm³/mol. The van der Waals surface area contributed by atoms with Crippen molar-refractivity contribution in [3.63, 3.8) is 0 Å². The van der Waals surface area contributed by atoms with Crippen LogP contribution in [-0.2, 0) is 9.47 Å². The van der Waals surface area contributed by atoms with Crippen LogP contribution in [0.3, 0.4) is 0 Å². The van der Waals surface area contributed by atoms with E-state index in [9.17, 15) is 35.5 Å². The maximum Gasteiger partial charge on any atom is 0.344 e. The molecule has 2 aromatic carbocycles. The second-order valence-corrected chi connectivity index (χ2v) is 7.76. The molecule has 1 aliphatic carbocycles. The summed E-state index contributed by atoms with van der Waals surface area (Å²) >= 11 is 0. The van der Waals surface area contributed by atoms with E-state index in [1.54, 1.807) is 0 Å². The first-order valence-corrected chi connectivity index (χ1v) is 9.97. The molecule has 0 saturated heterocycles. The lowest BCUT2D eigenvalue weighted by Gasteiger charge is -2.30. The Morgan fingerprint density at radius 1 is 0.765 bits per heavy atom. The van der Waals surface area contributed by atoms with E-state index in [2.05, 4.69) is 6.58 Å². The van der Waals surface area contributed by atoms with E-state index in [0.717, 1.165) is 6.92 Å². The minimum Gasteiger partial charge on any atom is -0.490 e. The van der Waals surface area contributed by atoms with Crippen LogP contribution in [0.25, 0.3) is 5.76 Å². The topological polar surface area (TPSA) is 87.6 Å². The maximum atomic E-state index is 14.5. The molecule has 12 heteroatoms. The molecule has 1 fully saturated rings. The number of ether oxygens (including phenoxy) is 2. The maximum absolute atomic E-state index is 14.5. The van der Waals surface area contributed by atoms with E-state index >= 15 is 0 Å². The van der Waals surface area contributed by atoms with Gasteiger partial charge < -0.3 is 20.9 Å². The average molecular weight is 492 g/mol. The first-order valence-electron chi connectivity index (χ1n) is 9.97. The van der Waals surface area contributed by atoms with E-state index in [1.807, 2.05) is 0 Å². The van der Waals surface area contributed by atoms with E-state index in [1.165, 1.54) is 0 Å². The third-order valence-electron chi connectivity index (χ3n) is 5.54. The molecule has 184 valence electrons. The molecule has 0 bridgehead atoms. The summed E-state index contributed by atoms with van der Waals surface area (Å²) < 4.78 is 108. The first-order chi connectivity index (χ1) is 15.9. The van der Waals surface area contributed by atoms with Crippen LogP contribution >= 0.6 is 0 Å². The Morgan fingerprint density at radius 2 is 1.24 bits per heavy atom. The normalized spacial score (nSPS) is 18.0. The monoisotopic (exact) mass is 492 g/mol. The van der Waals surface area contributed by atoms with Crippen LogP contribution in [0.1, 0.15) is 47.2 Å². The fourth-order valence-corrected chi connectivity index (χ4v) is 3.65. The van der Waals surface area contributed by atoms with Crippen LogP contribution in [0.5, 0.6) is 0 Å². The fraction of sp³-hybridized carbons (Fsp3) is 0.318. The van der Waals surface area contributed by atoms with Crippen molar-refractivity contribution in [1.82, 2.24) is 0 Å². The van der Waals surface area contributed by atoms with E-state index in [4.69, 9.17) is 20.9 Å². The zero-order valence-corrected chi connectivity index (χ0v) is 17.7. The van der Waals surface area contributed by atoms with Crippen LogP contribution < -0.4 is 11.5 Å². The average Bonchev–Trinajstić information content (AvgIpc) is 2.79. The molecular weight excluding hydrogens is 473 g/mol. The Balaban J connectivity index is 1.75. The van der Waals surface area contributed by atoms with Gasteiger partial charge >= 0.3 is 5.97 Å². The summed E-state index contributed by atoms with van der Waals surface area (Å²) in [5, 5.41) is 0. The highest BCUT2D eigenvalue weighted by Gasteiger charge is 2.33. The number of halogens is 7. The molecule has 0 aromatic heterocycles. The number of hydrogen-bond acceptors (Lipinski definition) is 5. The molecule has 34 heavy (non-hydrogen) atoms. The number of hydrogen-bond donors (Lipinski definition) is 2. The fourth-order valence-electron chi connectivity index (χ4n) is 3.65. The van der Waals surface area contributed by atoms with Crippen LogP contribution in [0.15, 0.2) is 6.58 Å². The van der Waals surface area contributed by atoms with Gasteiger partial charge in [-0.3, -0.25) is 0 Å². The molecule has 0 aliphatic heterocycles. The molecule has 4 N–H and O–H groups in total. The van der Waals surface area contributed by atoms with Gasteiger partial charge in [-0.2, -0.15) is 0 Å². The zero-order valence-electron chi connectivity index (χ0n) is 17.7. The number of carbonyl (C=O) groups excluding carboxylic acids is 1. The Labute approximate surface area is 189 Å². The predicted octanol–water partition coefficient (Wildman–Crippen LogP) is 5.29. The van der Waals surface area contributed by atoms with E-state index in [0.29, 0.717) is 12.8 Å². The van der Waals surface area contributed by atoms with Gasteiger partial charge in [0.05, 0.1) is 11.3 Å². The van der Waals surface area contributed by atoms with Gasteiger partial charge in [-0.15, -0.1) is 0 Å². The molecule has 3 rings (SSSR count). The largest absolute Gasteiger partial charge is 0.490 e. The second kappa shape index (κ2) is 9.43. The summed E-state index contributed by atoms with van der Waals surface area (Å²) in [7, 11) is 0. The van der Waals surface area contributed by atoms with E-state index in [-0.39, 0.29) is 18.4 Å². The van der Waals surface area contributed by atoms with Gasteiger partial charge in [-0.1, -0.05) is 6.58 Å². The lowest BCUT2D eigenvalue weighted by Crippen LogP contribution is -2.30. The van der Waals surface area contributed by atoms with Crippen LogP contribution in [0, 0.1) is 47.6 Å². The number of carbonyl (C=O) groups is 1. The van der Waals surface area contributed by atoms with Gasteiger partial charge in [0.1, 0.15) is 35.0 Å². The molecule has 0 amide bonds. The highest BCUT2D eigenvalue weighted by Crippen LogP contribution is 2.34. The molecular formula is C22H19F7N2O3. The van der Waals surface area contributed by atoms with Crippen LogP contribution in [0.2, 0.25) is 0 Å². The number of nitrogens with two attached hydrogens (primary N) is 2. The summed E-state index contributed by atoms with van der Waals surface area (Å²) in [4.78, 5) is 12.2. The van der Waals surface area contributed by atoms with Crippen molar-refractivity contribution in [2.45, 2.75) is 44.8 Å². The van der Waals surface area contributed by atoms with Crippen molar-refractivity contribution >= 4 is 23.1 Å². The quantitative estimate of drug-likeness (QED) is 0.195. The summed E-state index contributed by atoms with van der Waals surface area (Å²) in [5.74, 6) is -14.4. The van der Waals surface area contributed by atoms with Gasteiger partial charge in [0.15, 0.2) is 34.9 Å². The lowest BCUT2D eigenvalue weighted by atomic mass is 9.94. The summed E-state index contributed by atoms with van der Waals surface area (Å²) in [6.45, 7) is 4.57. The standard InChI is InChI=1S/C22H19F7N2O3/c1-7-13(23)11(14(24)17(27)20(7)30)8(2)33-9-4-3-5-10(6-9)34-22(32)12-15(25)18(28)21(31)19(29)16(12)26/h9-10H,2-6,30-31H2,1H3. The van der Waals surface area contributed by atoms with Crippen molar-refractivity contribution < 1.29 is 45.0 Å². The molecule has 1 aliphatic rings. The smallest absolute Gasteiger partial charge is 0.344 e. The Bertz CT molecular complexity index is 1040. The molecule has 2 atom stereocenters. The van der Waals surface area contributed by atoms with Gasteiger partial charge in [0.2, 0.25) is 0 Å². The Morgan fingerprint density at radius 3 is 1.79 bits per heavy atom. The Hall–Kier alpha value is -3.44. The number of anilines is 2. The van der Waals surface area contributed by atoms with Crippen molar-refractivity contribution in [1.29, 1.82) is 0 Å². The molecule has 0 radical (unpaired) electrons. The number of nitrogen functional groups attached to an aromatic ring is 2. The zero-order chi connectivity index (χ0) is 25.5. The second-order valence-electron chi connectivity index (χ2n) is 7.76. The molecule has 5 nitrogen and oxygen atoms in total. The van der Waals surface area contributed by atoms with Crippen LogP contribution in [-0.4, -0.2) is 18.2 Å². The highest BCUT2D eigenvalue weighted by atomic mass is 19.2.